The number of ketones is 1. The van der Waals surface area contributed by atoms with Gasteiger partial charge in [-0.05, 0) is 37.0 Å². The van der Waals surface area contributed by atoms with Crippen LogP contribution in [0.5, 0.6) is 11.5 Å². The Morgan fingerprint density at radius 3 is 2.57 bits per heavy atom. The zero-order chi connectivity index (χ0) is 16.2. The van der Waals surface area contributed by atoms with Crippen LogP contribution in [0.1, 0.15) is 42.5 Å². The molecule has 0 radical (unpaired) electrons. The quantitative estimate of drug-likeness (QED) is 0.757. The van der Waals surface area contributed by atoms with Crippen molar-refractivity contribution in [3.8, 4) is 11.5 Å². The zero-order valence-electron chi connectivity index (χ0n) is 13.5. The molecule has 1 saturated carbocycles. The Labute approximate surface area is 136 Å². The van der Waals surface area contributed by atoms with Crippen molar-refractivity contribution in [3.05, 3.63) is 23.8 Å². The van der Waals surface area contributed by atoms with E-state index in [4.69, 9.17) is 9.47 Å². The number of nitrogens with zero attached hydrogens (tertiary/aromatic N) is 1. The van der Waals surface area contributed by atoms with Crippen LogP contribution in [0, 0.1) is 5.92 Å². The van der Waals surface area contributed by atoms with Crippen molar-refractivity contribution in [2.24, 2.45) is 5.92 Å². The van der Waals surface area contributed by atoms with E-state index >= 15 is 0 Å². The molecule has 1 heterocycles. The van der Waals surface area contributed by atoms with Crippen LogP contribution in [-0.2, 0) is 4.79 Å². The third-order valence-corrected chi connectivity index (χ3v) is 4.61. The molecule has 124 valence electrons. The van der Waals surface area contributed by atoms with Crippen molar-refractivity contribution >= 4 is 11.7 Å². The SMILES string of the molecule is CN(CC1CCC1)C(=O)CCC(=O)c1ccc2c(c1)OCCO2. The van der Waals surface area contributed by atoms with Crippen LogP contribution in [-0.4, -0.2) is 43.4 Å². The minimum absolute atomic E-state index is 0.0348. The van der Waals surface area contributed by atoms with Crippen LogP contribution in [0.2, 0.25) is 0 Å². The summed E-state index contributed by atoms with van der Waals surface area (Å²) in [7, 11) is 1.83. The number of Topliss-reactive ketones (excluding diaryl/α,β-unsaturated/α-hetero) is 1. The molecule has 1 aliphatic heterocycles. The summed E-state index contributed by atoms with van der Waals surface area (Å²) in [6.45, 7) is 1.84. The molecule has 0 saturated heterocycles. The van der Waals surface area contributed by atoms with Gasteiger partial charge in [-0.15, -0.1) is 0 Å². The molecule has 0 atom stereocenters. The van der Waals surface area contributed by atoms with Gasteiger partial charge in [0.2, 0.25) is 5.91 Å². The Morgan fingerprint density at radius 2 is 1.87 bits per heavy atom. The lowest BCUT2D eigenvalue weighted by Gasteiger charge is -2.30. The average molecular weight is 317 g/mol. The highest BCUT2D eigenvalue weighted by molar-refractivity contribution is 5.98. The molecule has 1 aromatic rings. The van der Waals surface area contributed by atoms with E-state index in [9.17, 15) is 9.59 Å². The Balaban J connectivity index is 1.51. The number of hydrogen-bond acceptors (Lipinski definition) is 4. The first-order chi connectivity index (χ1) is 11.1. The second-order valence-electron chi connectivity index (χ2n) is 6.35. The van der Waals surface area contributed by atoms with Gasteiger partial charge in [0, 0.05) is 32.0 Å². The first-order valence-corrected chi connectivity index (χ1v) is 8.30. The standard InChI is InChI=1S/C18H23NO4/c1-19(12-13-3-2-4-13)18(21)8-6-15(20)14-5-7-16-17(11-14)23-10-9-22-16/h5,7,11,13H,2-4,6,8-10,12H2,1H3. The maximum absolute atomic E-state index is 12.3. The van der Waals surface area contributed by atoms with Gasteiger partial charge in [0.25, 0.3) is 0 Å². The molecule has 23 heavy (non-hydrogen) atoms. The highest BCUT2D eigenvalue weighted by atomic mass is 16.6. The Kier molecular flexibility index (Phi) is 4.84. The van der Waals surface area contributed by atoms with E-state index in [2.05, 4.69) is 0 Å². The molecular formula is C18H23NO4. The van der Waals surface area contributed by atoms with Gasteiger partial charge in [-0.3, -0.25) is 9.59 Å². The molecule has 1 aliphatic carbocycles. The lowest BCUT2D eigenvalue weighted by Crippen LogP contribution is -2.34. The number of rotatable bonds is 6. The fourth-order valence-electron chi connectivity index (χ4n) is 2.94. The number of hydrogen-bond donors (Lipinski definition) is 0. The van der Waals surface area contributed by atoms with Crippen molar-refractivity contribution in [1.29, 1.82) is 0 Å². The summed E-state index contributed by atoms with van der Waals surface area (Å²) in [4.78, 5) is 26.2. The van der Waals surface area contributed by atoms with Crippen LogP contribution < -0.4 is 9.47 Å². The number of carbonyl (C=O) groups excluding carboxylic acids is 2. The smallest absolute Gasteiger partial charge is 0.222 e. The fraction of sp³-hybridized carbons (Fsp3) is 0.556. The van der Waals surface area contributed by atoms with Gasteiger partial charge in [-0.1, -0.05) is 6.42 Å². The summed E-state index contributed by atoms with van der Waals surface area (Å²) >= 11 is 0. The second kappa shape index (κ2) is 7.02. The largest absolute Gasteiger partial charge is 0.486 e. The van der Waals surface area contributed by atoms with E-state index in [0.29, 0.717) is 36.2 Å². The van der Waals surface area contributed by atoms with Crippen LogP contribution in [0.4, 0.5) is 0 Å². The van der Waals surface area contributed by atoms with Gasteiger partial charge >= 0.3 is 0 Å². The molecule has 0 aromatic heterocycles. The first-order valence-electron chi connectivity index (χ1n) is 8.30. The van der Waals surface area contributed by atoms with Crippen LogP contribution in [0.3, 0.4) is 0 Å². The van der Waals surface area contributed by atoms with E-state index in [1.54, 1.807) is 23.1 Å². The molecule has 0 unspecified atom stereocenters. The van der Waals surface area contributed by atoms with Gasteiger partial charge < -0.3 is 14.4 Å². The zero-order valence-corrected chi connectivity index (χ0v) is 13.5. The minimum atomic E-state index is -0.0348. The van der Waals surface area contributed by atoms with Gasteiger partial charge in [0.1, 0.15) is 13.2 Å². The maximum atomic E-state index is 12.3. The number of carbonyl (C=O) groups is 2. The maximum Gasteiger partial charge on any atom is 0.222 e. The second-order valence-corrected chi connectivity index (χ2v) is 6.35. The minimum Gasteiger partial charge on any atom is -0.486 e. The molecule has 5 nitrogen and oxygen atoms in total. The van der Waals surface area contributed by atoms with E-state index in [1.165, 1.54) is 19.3 Å². The Bertz CT molecular complexity index is 595. The lowest BCUT2D eigenvalue weighted by molar-refractivity contribution is -0.130. The normalized spacial score (nSPS) is 16.6. The molecule has 2 aliphatic rings. The van der Waals surface area contributed by atoms with Crippen LogP contribution in [0.25, 0.3) is 0 Å². The highest BCUT2D eigenvalue weighted by Crippen LogP contribution is 2.31. The third kappa shape index (κ3) is 3.84. The van der Waals surface area contributed by atoms with Crippen molar-refractivity contribution in [1.82, 2.24) is 4.90 Å². The van der Waals surface area contributed by atoms with Gasteiger partial charge in [0.15, 0.2) is 17.3 Å². The summed E-state index contributed by atoms with van der Waals surface area (Å²) in [6.07, 6.45) is 4.20. The predicted molar refractivity (Wildman–Crippen MR) is 86.0 cm³/mol. The third-order valence-electron chi connectivity index (χ3n) is 4.61. The first kappa shape index (κ1) is 15.8. The molecule has 0 bridgehead atoms. The highest BCUT2D eigenvalue weighted by Gasteiger charge is 2.22. The van der Waals surface area contributed by atoms with E-state index < -0.39 is 0 Å². The average Bonchev–Trinajstić information content (AvgIpc) is 2.54. The molecular weight excluding hydrogens is 294 g/mol. The number of ether oxygens (including phenoxy) is 2. The van der Waals surface area contributed by atoms with Crippen molar-refractivity contribution in [3.63, 3.8) is 0 Å². The lowest BCUT2D eigenvalue weighted by atomic mass is 9.85. The summed E-state index contributed by atoms with van der Waals surface area (Å²) in [5.41, 5.74) is 0.573. The fourth-order valence-corrected chi connectivity index (χ4v) is 2.94. The van der Waals surface area contributed by atoms with Crippen molar-refractivity contribution in [2.45, 2.75) is 32.1 Å². The predicted octanol–water partition coefficient (Wildman–Crippen LogP) is 2.68. The van der Waals surface area contributed by atoms with E-state index in [1.807, 2.05) is 7.05 Å². The van der Waals surface area contributed by atoms with Crippen molar-refractivity contribution in [2.75, 3.05) is 26.8 Å². The molecule has 3 rings (SSSR count). The Morgan fingerprint density at radius 1 is 1.13 bits per heavy atom. The summed E-state index contributed by atoms with van der Waals surface area (Å²) in [6, 6.07) is 5.20. The summed E-state index contributed by atoms with van der Waals surface area (Å²) in [5.74, 6) is 1.94. The monoisotopic (exact) mass is 317 g/mol. The topological polar surface area (TPSA) is 55.8 Å². The van der Waals surface area contributed by atoms with Crippen LogP contribution in [0.15, 0.2) is 18.2 Å². The Hall–Kier alpha value is -2.04. The van der Waals surface area contributed by atoms with E-state index in [0.717, 1.165) is 6.54 Å². The number of amides is 1. The molecule has 1 fully saturated rings. The van der Waals surface area contributed by atoms with Crippen LogP contribution >= 0.6 is 0 Å². The number of benzene rings is 1. The van der Waals surface area contributed by atoms with Gasteiger partial charge in [-0.25, -0.2) is 0 Å². The summed E-state index contributed by atoms with van der Waals surface area (Å²) in [5, 5.41) is 0. The van der Waals surface area contributed by atoms with Gasteiger partial charge in [0.05, 0.1) is 0 Å². The number of fused-ring (bicyclic) bond motifs is 1. The molecule has 5 heteroatoms. The molecule has 0 spiro atoms. The van der Waals surface area contributed by atoms with E-state index in [-0.39, 0.29) is 24.5 Å². The molecule has 1 amide bonds. The molecule has 1 aromatic carbocycles. The van der Waals surface area contributed by atoms with Gasteiger partial charge in [-0.2, -0.15) is 0 Å². The summed E-state index contributed by atoms with van der Waals surface area (Å²) < 4.78 is 10.9. The van der Waals surface area contributed by atoms with Crippen molar-refractivity contribution < 1.29 is 19.1 Å². The molecule has 0 N–H and O–H groups in total.